The molecule has 0 spiro atoms. The van der Waals surface area contributed by atoms with E-state index in [1.807, 2.05) is 35.7 Å². The molecule has 1 aromatic carbocycles. The van der Waals surface area contributed by atoms with Crippen molar-refractivity contribution in [1.82, 2.24) is 10.6 Å². The Morgan fingerprint density at radius 3 is 2.52 bits per heavy atom. The van der Waals surface area contributed by atoms with Crippen LogP contribution in [-0.4, -0.2) is 37.0 Å². The van der Waals surface area contributed by atoms with Crippen molar-refractivity contribution in [1.29, 1.82) is 0 Å². The van der Waals surface area contributed by atoms with Crippen LogP contribution in [0.2, 0.25) is 0 Å². The van der Waals surface area contributed by atoms with E-state index in [4.69, 9.17) is 0 Å². The second-order valence-electron chi connectivity index (χ2n) is 6.79. The standard InChI is InChI=1S/C18H26N2OS2/c1-18(7-9-19-10-8-18)13-20-16(21)14-3-5-15(6-4-14)17-22-11-2-12-23-17/h3-6,17,19H,2,7-13H2,1H3,(H,20,21). The highest BCUT2D eigenvalue weighted by molar-refractivity contribution is 8.16. The number of hydrogen-bond donors (Lipinski definition) is 2. The van der Waals surface area contributed by atoms with E-state index in [1.54, 1.807) is 0 Å². The van der Waals surface area contributed by atoms with Crippen molar-refractivity contribution in [2.75, 3.05) is 31.1 Å². The molecule has 0 atom stereocenters. The van der Waals surface area contributed by atoms with E-state index in [-0.39, 0.29) is 11.3 Å². The minimum atomic E-state index is 0.0558. The maximum atomic E-state index is 12.4. The molecule has 2 heterocycles. The highest BCUT2D eigenvalue weighted by Gasteiger charge is 2.27. The van der Waals surface area contributed by atoms with Crippen molar-refractivity contribution in [3.8, 4) is 0 Å². The average molecular weight is 351 g/mol. The maximum absolute atomic E-state index is 12.4. The van der Waals surface area contributed by atoms with Gasteiger partial charge in [-0.2, -0.15) is 0 Å². The van der Waals surface area contributed by atoms with Gasteiger partial charge in [-0.1, -0.05) is 19.1 Å². The van der Waals surface area contributed by atoms with Crippen LogP contribution in [0.5, 0.6) is 0 Å². The molecule has 3 rings (SSSR count). The number of carbonyl (C=O) groups is 1. The molecule has 126 valence electrons. The SMILES string of the molecule is CC1(CNC(=O)c2ccc(C3SCCCS3)cc2)CCNCC1. The van der Waals surface area contributed by atoms with Gasteiger partial charge in [0.05, 0.1) is 4.58 Å². The lowest BCUT2D eigenvalue weighted by Gasteiger charge is -2.34. The first-order valence-corrected chi connectivity index (χ1v) is 10.6. The number of rotatable bonds is 4. The Hall–Kier alpha value is -0.650. The van der Waals surface area contributed by atoms with Crippen molar-refractivity contribution in [2.24, 2.45) is 5.41 Å². The van der Waals surface area contributed by atoms with Crippen LogP contribution < -0.4 is 10.6 Å². The minimum absolute atomic E-state index is 0.0558. The zero-order valence-electron chi connectivity index (χ0n) is 13.8. The fourth-order valence-electron chi connectivity index (χ4n) is 3.07. The highest BCUT2D eigenvalue weighted by atomic mass is 32.2. The molecule has 2 aliphatic rings. The van der Waals surface area contributed by atoms with Crippen molar-refractivity contribution < 1.29 is 4.79 Å². The first kappa shape index (κ1) is 17.2. The van der Waals surface area contributed by atoms with Gasteiger partial charge >= 0.3 is 0 Å². The Morgan fingerprint density at radius 1 is 1.22 bits per heavy atom. The monoisotopic (exact) mass is 350 g/mol. The molecule has 0 bridgehead atoms. The smallest absolute Gasteiger partial charge is 0.251 e. The molecule has 2 fully saturated rings. The third kappa shape index (κ3) is 4.68. The summed E-state index contributed by atoms with van der Waals surface area (Å²) in [5.74, 6) is 2.54. The third-order valence-corrected chi connectivity index (χ3v) is 7.77. The number of nitrogens with one attached hydrogen (secondary N) is 2. The molecular weight excluding hydrogens is 324 g/mol. The number of amides is 1. The lowest BCUT2D eigenvalue weighted by atomic mass is 9.81. The molecule has 1 aromatic rings. The van der Waals surface area contributed by atoms with Crippen molar-refractivity contribution in [2.45, 2.75) is 30.8 Å². The van der Waals surface area contributed by atoms with Crippen LogP contribution in [0.3, 0.4) is 0 Å². The van der Waals surface area contributed by atoms with Crippen LogP contribution in [0.1, 0.15) is 46.7 Å². The van der Waals surface area contributed by atoms with Crippen LogP contribution in [0.15, 0.2) is 24.3 Å². The summed E-state index contributed by atoms with van der Waals surface area (Å²) in [7, 11) is 0. The van der Waals surface area contributed by atoms with E-state index in [1.165, 1.54) is 23.5 Å². The average Bonchev–Trinajstić information content (AvgIpc) is 2.61. The number of carbonyl (C=O) groups excluding carboxylic acids is 1. The molecule has 3 nitrogen and oxygen atoms in total. The zero-order valence-corrected chi connectivity index (χ0v) is 15.4. The third-order valence-electron chi connectivity index (χ3n) is 4.76. The summed E-state index contributed by atoms with van der Waals surface area (Å²) in [6.45, 7) is 5.15. The molecule has 0 radical (unpaired) electrons. The normalized spacial score (nSPS) is 21.8. The minimum Gasteiger partial charge on any atom is -0.351 e. The fraction of sp³-hybridized carbons (Fsp3) is 0.611. The predicted octanol–water partition coefficient (Wildman–Crippen LogP) is 3.67. The molecule has 0 saturated carbocycles. The Bertz CT molecular complexity index is 520. The summed E-state index contributed by atoms with van der Waals surface area (Å²) in [6.07, 6.45) is 3.56. The van der Waals surface area contributed by atoms with Crippen LogP contribution in [0.4, 0.5) is 0 Å². The van der Waals surface area contributed by atoms with E-state index >= 15 is 0 Å². The van der Waals surface area contributed by atoms with E-state index in [9.17, 15) is 4.79 Å². The number of piperidine rings is 1. The molecule has 0 unspecified atom stereocenters. The van der Waals surface area contributed by atoms with Crippen LogP contribution >= 0.6 is 23.5 Å². The highest BCUT2D eigenvalue weighted by Crippen LogP contribution is 2.43. The molecule has 1 amide bonds. The van der Waals surface area contributed by atoms with Gasteiger partial charge in [-0.3, -0.25) is 4.79 Å². The molecule has 23 heavy (non-hydrogen) atoms. The summed E-state index contributed by atoms with van der Waals surface area (Å²) in [4.78, 5) is 12.4. The predicted molar refractivity (Wildman–Crippen MR) is 101 cm³/mol. The van der Waals surface area contributed by atoms with E-state index in [2.05, 4.69) is 29.7 Å². The van der Waals surface area contributed by atoms with Gasteiger partial charge in [0.1, 0.15) is 0 Å². The number of thioether (sulfide) groups is 2. The van der Waals surface area contributed by atoms with Gasteiger partial charge in [-0.25, -0.2) is 0 Å². The number of benzene rings is 1. The van der Waals surface area contributed by atoms with Gasteiger partial charge in [0.25, 0.3) is 5.91 Å². The summed E-state index contributed by atoms with van der Waals surface area (Å²) >= 11 is 4.03. The van der Waals surface area contributed by atoms with E-state index in [0.717, 1.165) is 38.0 Å². The van der Waals surface area contributed by atoms with Gasteiger partial charge in [-0.05, 0) is 67.0 Å². The summed E-state index contributed by atoms with van der Waals surface area (Å²) in [5.41, 5.74) is 2.34. The lowest BCUT2D eigenvalue weighted by Crippen LogP contribution is -2.42. The molecule has 0 aromatic heterocycles. The largest absolute Gasteiger partial charge is 0.351 e. The maximum Gasteiger partial charge on any atom is 0.251 e. The lowest BCUT2D eigenvalue weighted by molar-refractivity contribution is 0.0922. The van der Waals surface area contributed by atoms with Crippen molar-refractivity contribution in [3.63, 3.8) is 0 Å². The molecule has 2 aliphatic heterocycles. The Balaban J connectivity index is 1.54. The first-order chi connectivity index (χ1) is 11.2. The topological polar surface area (TPSA) is 41.1 Å². The zero-order chi connectivity index (χ0) is 16.1. The van der Waals surface area contributed by atoms with Crippen LogP contribution in [0.25, 0.3) is 0 Å². The van der Waals surface area contributed by atoms with E-state index < -0.39 is 0 Å². The molecule has 5 heteroatoms. The van der Waals surface area contributed by atoms with Gasteiger partial charge in [0.2, 0.25) is 0 Å². The van der Waals surface area contributed by atoms with Gasteiger partial charge in [0, 0.05) is 12.1 Å². The van der Waals surface area contributed by atoms with Gasteiger partial charge in [0.15, 0.2) is 0 Å². The molecular formula is C18H26N2OS2. The summed E-state index contributed by atoms with van der Waals surface area (Å²) in [5, 5.41) is 6.51. The van der Waals surface area contributed by atoms with Crippen LogP contribution in [-0.2, 0) is 0 Å². The Labute approximate surface area is 147 Å². The van der Waals surface area contributed by atoms with Gasteiger partial charge < -0.3 is 10.6 Å². The van der Waals surface area contributed by atoms with Gasteiger partial charge in [-0.15, -0.1) is 23.5 Å². The van der Waals surface area contributed by atoms with Crippen LogP contribution in [0, 0.1) is 5.41 Å². The molecule has 2 saturated heterocycles. The van der Waals surface area contributed by atoms with Crippen molar-refractivity contribution in [3.05, 3.63) is 35.4 Å². The Kier molecular flexibility index (Phi) is 5.94. The summed E-state index contributed by atoms with van der Waals surface area (Å²) < 4.78 is 0.537. The van der Waals surface area contributed by atoms with E-state index in [0.29, 0.717) is 4.58 Å². The fourth-order valence-corrected chi connectivity index (χ4v) is 5.97. The Morgan fingerprint density at radius 2 is 1.87 bits per heavy atom. The first-order valence-electron chi connectivity index (χ1n) is 8.48. The summed E-state index contributed by atoms with van der Waals surface area (Å²) in [6, 6.07) is 8.20. The second-order valence-corrected chi connectivity index (χ2v) is 9.52. The number of hydrogen-bond acceptors (Lipinski definition) is 4. The molecule has 0 aliphatic carbocycles. The second kappa shape index (κ2) is 7.95. The van der Waals surface area contributed by atoms with Crippen molar-refractivity contribution >= 4 is 29.4 Å². The quantitative estimate of drug-likeness (QED) is 0.869. The molecule has 2 N–H and O–H groups in total.